The standard InChI is InChI=1S/C10H20.C8H16.C7H15N/c1-3-9-6-5-7-10(4-2)8-9;2*1-2-8-6-4-3-5-7-8/h9-10H,3-8H2,1-2H3;8H,2-7H2,1H3;2-7H2,1H3. The number of rotatable bonds is 4. The Hall–Kier alpha value is -0.0400. The summed E-state index contributed by atoms with van der Waals surface area (Å²) in [7, 11) is 0. The van der Waals surface area contributed by atoms with E-state index >= 15 is 0 Å². The second-order valence-electron chi connectivity index (χ2n) is 9.12. The molecular formula is C25H51N. The summed E-state index contributed by atoms with van der Waals surface area (Å²) in [5.74, 6) is 3.22. The van der Waals surface area contributed by atoms with Crippen LogP contribution in [0.25, 0.3) is 0 Å². The van der Waals surface area contributed by atoms with E-state index in [0.29, 0.717) is 0 Å². The van der Waals surface area contributed by atoms with Crippen LogP contribution in [0.15, 0.2) is 0 Å². The highest BCUT2D eigenvalue weighted by Crippen LogP contribution is 2.32. The summed E-state index contributed by atoms with van der Waals surface area (Å²) in [6.45, 7) is 13.2. The summed E-state index contributed by atoms with van der Waals surface area (Å²) >= 11 is 0. The highest BCUT2D eigenvalue weighted by Gasteiger charge is 2.18. The maximum atomic E-state index is 2.52. The van der Waals surface area contributed by atoms with Crippen molar-refractivity contribution >= 4 is 0 Å². The van der Waals surface area contributed by atoms with Gasteiger partial charge >= 0.3 is 0 Å². The maximum Gasteiger partial charge on any atom is -0.00188 e. The molecule has 0 spiro atoms. The van der Waals surface area contributed by atoms with Gasteiger partial charge in [0.25, 0.3) is 0 Å². The molecule has 3 aliphatic rings. The van der Waals surface area contributed by atoms with E-state index in [4.69, 9.17) is 0 Å². The molecule has 1 nitrogen and oxygen atoms in total. The number of hydrogen-bond donors (Lipinski definition) is 0. The zero-order chi connectivity index (χ0) is 19.0. The molecule has 2 aliphatic carbocycles. The van der Waals surface area contributed by atoms with Crippen LogP contribution >= 0.6 is 0 Å². The smallest absolute Gasteiger partial charge is 0.00188 e. The summed E-state index contributed by atoms with van der Waals surface area (Å²) in [6.07, 6.45) is 22.1. The van der Waals surface area contributed by atoms with Crippen LogP contribution in [0, 0.1) is 17.8 Å². The quantitative estimate of drug-likeness (QED) is 0.486. The van der Waals surface area contributed by atoms with Crippen LogP contribution in [-0.4, -0.2) is 24.5 Å². The molecular weight excluding hydrogens is 314 g/mol. The monoisotopic (exact) mass is 365 g/mol. The van der Waals surface area contributed by atoms with Crippen LogP contribution in [0.1, 0.15) is 124 Å². The van der Waals surface area contributed by atoms with E-state index in [0.717, 1.165) is 17.8 Å². The lowest BCUT2D eigenvalue weighted by molar-refractivity contribution is 0.240. The zero-order valence-corrected chi connectivity index (χ0v) is 18.9. The molecule has 2 unspecified atom stereocenters. The second kappa shape index (κ2) is 16.0. The molecule has 2 saturated carbocycles. The average molecular weight is 366 g/mol. The Labute approximate surface area is 166 Å². The largest absolute Gasteiger partial charge is 0.304 e. The first-order valence-electron chi connectivity index (χ1n) is 12.5. The van der Waals surface area contributed by atoms with Crippen molar-refractivity contribution < 1.29 is 0 Å². The van der Waals surface area contributed by atoms with E-state index in [-0.39, 0.29) is 0 Å². The molecule has 3 rings (SSSR count). The summed E-state index contributed by atoms with van der Waals surface area (Å²) in [5.41, 5.74) is 0. The van der Waals surface area contributed by atoms with E-state index in [1.54, 1.807) is 0 Å². The number of piperidine rings is 1. The summed E-state index contributed by atoms with van der Waals surface area (Å²) in [6, 6.07) is 0. The van der Waals surface area contributed by atoms with Crippen molar-refractivity contribution in [1.29, 1.82) is 0 Å². The van der Waals surface area contributed by atoms with Crippen molar-refractivity contribution in [1.82, 2.24) is 4.90 Å². The van der Waals surface area contributed by atoms with Gasteiger partial charge in [0.1, 0.15) is 0 Å². The Kier molecular flexibility index (Phi) is 14.7. The van der Waals surface area contributed by atoms with Gasteiger partial charge in [-0.1, -0.05) is 105 Å². The van der Waals surface area contributed by atoms with Gasteiger partial charge in [0.15, 0.2) is 0 Å². The molecule has 0 aromatic carbocycles. The molecule has 2 atom stereocenters. The van der Waals surface area contributed by atoms with Gasteiger partial charge in [0.05, 0.1) is 0 Å². The van der Waals surface area contributed by atoms with Crippen LogP contribution < -0.4 is 0 Å². The van der Waals surface area contributed by atoms with Crippen molar-refractivity contribution in [3.63, 3.8) is 0 Å². The van der Waals surface area contributed by atoms with Crippen LogP contribution in [0.3, 0.4) is 0 Å². The minimum absolute atomic E-state index is 1.07. The fourth-order valence-electron chi connectivity index (χ4n) is 5.01. The van der Waals surface area contributed by atoms with Crippen LogP contribution in [0.4, 0.5) is 0 Å². The third-order valence-corrected chi connectivity index (χ3v) is 7.24. The van der Waals surface area contributed by atoms with Crippen molar-refractivity contribution in [3.05, 3.63) is 0 Å². The first-order valence-corrected chi connectivity index (χ1v) is 12.5. The Morgan fingerprint density at radius 1 is 0.538 bits per heavy atom. The SMILES string of the molecule is CCC1CCCC(CC)C1.CCC1CCCCC1.CCN1CCCCC1. The predicted molar refractivity (Wildman–Crippen MR) is 119 cm³/mol. The summed E-state index contributed by atoms with van der Waals surface area (Å²) in [5, 5.41) is 0. The molecule has 0 bridgehead atoms. The maximum absolute atomic E-state index is 2.52. The Balaban J connectivity index is 0.000000197. The van der Waals surface area contributed by atoms with Crippen LogP contribution in [-0.2, 0) is 0 Å². The lowest BCUT2D eigenvalue weighted by Crippen LogP contribution is -2.29. The lowest BCUT2D eigenvalue weighted by Gasteiger charge is -2.27. The Morgan fingerprint density at radius 3 is 1.38 bits per heavy atom. The van der Waals surface area contributed by atoms with E-state index in [9.17, 15) is 0 Å². The van der Waals surface area contributed by atoms with E-state index < -0.39 is 0 Å². The molecule has 156 valence electrons. The van der Waals surface area contributed by atoms with Crippen LogP contribution in [0.2, 0.25) is 0 Å². The Morgan fingerprint density at radius 2 is 1.00 bits per heavy atom. The van der Waals surface area contributed by atoms with Gasteiger partial charge in [0.2, 0.25) is 0 Å². The molecule has 1 saturated heterocycles. The molecule has 1 heteroatoms. The molecule has 0 N–H and O–H groups in total. The third-order valence-electron chi connectivity index (χ3n) is 7.24. The molecule has 26 heavy (non-hydrogen) atoms. The van der Waals surface area contributed by atoms with Crippen molar-refractivity contribution in [2.24, 2.45) is 17.8 Å². The normalized spacial score (nSPS) is 27.7. The molecule has 1 aliphatic heterocycles. The summed E-state index contributed by atoms with van der Waals surface area (Å²) < 4.78 is 0. The minimum atomic E-state index is 1.07. The van der Waals surface area contributed by atoms with E-state index in [1.807, 2.05) is 0 Å². The number of nitrogens with zero attached hydrogens (tertiary/aromatic N) is 1. The minimum Gasteiger partial charge on any atom is -0.304 e. The number of likely N-dealkylation sites (tertiary alicyclic amines) is 1. The Bertz CT molecular complexity index is 261. The van der Waals surface area contributed by atoms with Crippen molar-refractivity contribution in [2.45, 2.75) is 124 Å². The summed E-state index contributed by atoms with van der Waals surface area (Å²) in [4.78, 5) is 2.52. The lowest BCUT2D eigenvalue weighted by atomic mass is 9.79. The first kappa shape index (κ1) is 24.0. The van der Waals surface area contributed by atoms with Gasteiger partial charge in [-0.25, -0.2) is 0 Å². The zero-order valence-electron chi connectivity index (χ0n) is 18.9. The molecule has 0 radical (unpaired) electrons. The average Bonchev–Trinajstić information content (AvgIpc) is 2.75. The molecule has 0 aromatic heterocycles. The fourth-order valence-corrected chi connectivity index (χ4v) is 5.01. The van der Waals surface area contributed by atoms with Gasteiger partial charge in [-0.3, -0.25) is 0 Å². The van der Waals surface area contributed by atoms with Gasteiger partial charge in [-0.05, 0) is 56.7 Å². The predicted octanol–water partition coefficient (Wildman–Crippen LogP) is 8.08. The first-order chi connectivity index (χ1) is 12.7. The van der Waals surface area contributed by atoms with Gasteiger partial charge in [0, 0.05) is 0 Å². The van der Waals surface area contributed by atoms with E-state index in [2.05, 4.69) is 32.6 Å². The third kappa shape index (κ3) is 11.0. The fraction of sp³-hybridized carbons (Fsp3) is 1.00. The van der Waals surface area contributed by atoms with Crippen molar-refractivity contribution in [2.75, 3.05) is 19.6 Å². The van der Waals surface area contributed by atoms with Crippen LogP contribution in [0.5, 0.6) is 0 Å². The molecule has 0 aromatic rings. The molecule has 0 amide bonds. The van der Waals surface area contributed by atoms with Gasteiger partial charge < -0.3 is 4.90 Å². The van der Waals surface area contributed by atoms with Crippen molar-refractivity contribution in [3.8, 4) is 0 Å². The van der Waals surface area contributed by atoms with Gasteiger partial charge in [-0.15, -0.1) is 0 Å². The van der Waals surface area contributed by atoms with E-state index in [1.165, 1.54) is 116 Å². The van der Waals surface area contributed by atoms with Gasteiger partial charge in [-0.2, -0.15) is 0 Å². The molecule has 3 fully saturated rings. The highest BCUT2D eigenvalue weighted by molar-refractivity contribution is 4.71. The highest BCUT2D eigenvalue weighted by atomic mass is 15.1. The second-order valence-corrected chi connectivity index (χ2v) is 9.12. The molecule has 1 heterocycles. The topological polar surface area (TPSA) is 3.24 Å². The number of hydrogen-bond acceptors (Lipinski definition) is 1.